The highest BCUT2D eigenvalue weighted by Gasteiger charge is 2.34. The van der Waals surface area contributed by atoms with Crippen LogP contribution < -0.4 is 0 Å². The van der Waals surface area contributed by atoms with Crippen LogP contribution in [0.4, 0.5) is 0 Å². The van der Waals surface area contributed by atoms with E-state index in [9.17, 15) is 0 Å². The zero-order valence-electron chi connectivity index (χ0n) is 28.9. The molecule has 45 heavy (non-hydrogen) atoms. The lowest BCUT2D eigenvalue weighted by molar-refractivity contribution is 0.590. The number of hydrogen-bond acceptors (Lipinski definition) is 0. The van der Waals surface area contributed by atoms with Gasteiger partial charge in [-0.1, -0.05) is 176 Å². The van der Waals surface area contributed by atoms with Crippen LogP contribution in [0.2, 0.25) is 0 Å². The predicted molar refractivity (Wildman–Crippen MR) is 197 cm³/mol. The third-order valence-corrected chi connectivity index (χ3v) is 10.3. The molecule has 4 aromatic rings. The fourth-order valence-corrected chi connectivity index (χ4v) is 7.73. The van der Waals surface area contributed by atoms with E-state index in [0.717, 1.165) is 19.3 Å². The lowest BCUT2D eigenvalue weighted by atomic mass is 9.79. The molecule has 232 valence electrons. The first kappa shape index (κ1) is 31.3. The van der Waals surface area contributed by atoms with Gasteiger partial charge in [0.05, 0.1) is 0 Å². The summed E-state index contributed by atoms with van der Waals surface area (Å²) in [6, 6.07) is 32.7. The molecule has 0 spiro atoms. The smallest absolute Gasteiger partial charge is 0.00665 e. The van der Waals surface area contributed by atoms with Crippen LogP contribution in [0.5, 0.6) is 0 Å². The summed E-state index contributed by atoms with van der Waals surface area (Å²) in [6.07, 6.45) is 10.9. The molecule has 2 atom stereocenters. The molecule has 0 heteroatoms. The van der Waals surface area contributed by atoms with E-state index in [-0.39, 0.29) is 10.8 Å². The summed E-state index contributed by atoms with van der Waals surface area (Å²) in [7, 11) is 0. The van der Waals surface area contributed by atoms with E-state index < -0.39 is 0 Å². The average molecular weight is 593 g/mol. The second-order valence-corrected chi connectivity index (χ2v) is 15.6. The summed E-state index contributed by atoms with van der Waals surface area (Å²) >= 11 is 0. The maximum absolute atomic E-state index is 2.56. The van der Waals surface area contributed by atoms with Crippen molar-refractivity contribution in [1.82, 2.24) is 0 Å². The van der Waals surface area contributed by atoms with Crippen LogP contribution in [-0.4, -0.2) is 0 Å². The molecule has 0 saturated carbocycles. The Morgan fingerprint density at radius 1 is 0.489 bits per heavy atom. The Kier molecular flexibility index (Phi) is 8.55. The number of fused-ring (bicyclic) bond motifs is 2. The van der Waals surface area contributed by atoms with Gasteiger partial charge in [0, 0.05) is 11.8 Å². The maximum Gasteiger partial charge on any atom is 0.00665 e. The van der Waals surface area contributed by atoms with E-state index in [0.29, 0.717) is 11.8 Å². The fourth-order valence-electron chi connectivity index (χ4n) is 7.73. The summed E-state index contributed by atoms with van der Waals surface area (Å²) in [6.45, 7) is 18.4. The Balaban J connectivity index is 1.37. The normalized spacial score (nSPS) is 17.6. The van der Waals surface area contributed by atoms with E-state index in [2.05, 4.69) is 152 Å². The fraction of sp³-hybridized carbons (Fsp3) is 0.378. The van der Waals surface area contributed by atoms with Crippen molar-refractivity contribution < 1.29 is 0 Å². The third kappa shape index (κ3) is 6.14. The van der Waals surface area contributed by atoms with Gasteiger partial charge in [0.1, 0.15) is 0 Å². The Morgan fingerprint density at radius 3 is 1.20 bits per heavy atom. The second kappa shape index (κ2) is 12.3. The van der Waals surface area contributed by atoms with Gasteiger partial charge in [0.2, 0.25) is 0 Å². The zero-order valence-corrected chi connectivity index (χ0v) is 28.9. The first-order valence-corrected chi connectivity index (χ1v) is 17.4. The molecule has 0 saturated heterocycles. The minimum absolute atomic E-state index is 0.160. The summed E-state index contributed by atoms with van der Waals surface area (Å²) < 4.78 is 0. The highest BCUT2D eigenvalue weighted by Crippen LogP contribution is 2.52. The molecule has 2 aliphatic rings. The molecule has 2 aliphatic carbocycles. The molecule has 0 aliphatic heterocycles. The molecule has 0 radical (unpaired) electrons. The quantitative estimate of drug-likeness (QED) is 0.191. The van der Waals surface area contributed by atoms with Gasteiger partial charge in [-0.15, -0.1) is 0 Å². The third-order valence-electron chi connectivity index (χ3n) is 10.3. The molecule has 4 aromatic carbocycles. The van der Waals surface area contributed by atoms with E-state index in [1.807, 2.05) is 0 Å². The van der Waals surface area contributed by atoms with Crippen LogP contribution >= 0.6 is 0 Å². The van der Waals surface area contributed by atoms with Gasteiger partial charge in [-0.25, -0.2) is 0 Å². The van der Waals surface area contributed by atoms with E-state index >= 15 is 0 Å². The molecule has 0 amide bonds. The highest BCUT2D eigenvalue weighted by molar-refractivity contribution is 5.84. The summed E-state index contributed by atoms with van der Waals surface area (Å²) in [5.74, 6) is 0.916. The zero-order chi connectivity index (χ0) is 31.9. The maximum atomic E-state index is 2.56. The molecule has 0 bridgehead atoms. The van der Waals surface area contributed by atoms with Crippen molar-refractivity contribution in [2.75, 3.05) is 0 Å². The monoisotopic (exact) mass is 592 g/mol. The minimum atomic E-state index is 0.160. The van der Waals surface area contributed by atoms with Gasteiger partial charge in [0.15, 0.2) is 0 Å². The van der Waals surface area contributed by atoms with Crippen molar-refractivity contribution in [3.8, 4) is 22.3 Å². The van der Waals surface area contributed by atoms with Crippen molar-refractivity contribution in [2.24, 2.45) is 0 Å². The van der Waals surface area contributed by atoms with Crippen LogP contribution in [0.1, 0.15) is 133 Å². The predicted octanol–water partition coefficient (Wildman–Crippen LogP) is 13.3. The first-order valence-electron chi connectivity index (χ1n) is 17.4. The standard InChI is InChI=1S/C45H52/c1-9-13-32-27-42-36(30-19-23-34(24-20-30)44(3,4)5)15-11-17-38(42)40(32)29-41-33(14-10-2)28-43-37(16-12-18-39(41)43)31-21-25-35(26-22-31)45(6,7)8/h11-12,15-28,40-41H,9-10,13-14,29H2,1-8H3. The molecular weight excluding hydrogens is 540 g/mol. The molecule has 0 fully saturated rings. The Morgan fingerprint density at radius 2 is 0.867 bits per heavy atom. The van der Waals surface area contributed by atoms with Crippen LogP contribution in [0.15, 0.2) is 96.1 Å². The van der Waals surface area contributed by atoms with Gasteiger partial charge < -0.3 is 0 Å². The average Bonchev–Trinajstić information content (AvgIpc) is 3.54. The molecule has 2 unspecified atom stereocenters. The van der Waals surface area contributed by atoms with Gasteiger partial charge in [-0.2, -0.15) is 0 Å². The minimum Gasteiger partial charge on any atom is -0.0651 e. The number of benzene rings is 4. The molecule has 0 heterocycles. The molecule has 0 nitrogen and oxygen atoms in total. The largest absolute Gasteiger partial charge is 0.0651 e. The lowest BCUT2D eigenvalue weighted by Crippen LogP contribution is -2.10. The highest BCUT2D eigenvalue weighted by atomic mass is 14.4. The second-order valence-electron chi connectivity index (χ2n) is 15.6. The van der Waals surface area contributed by atoms with Crippen LogP contribution in [0.3, 0.4) is 0 Å². The van der Waals surface area contributed by atoms with E-state index in [1.54, 1.807) is 11.1 Å². The first-order chi connectivity index (χ1) is 21.5. The number of rotatable bonds is 8. The Bertz CT molecular complexity index is 1600. The summed E-state index contributed by atoms with van der Waals surface area (Å²) in [5, 5.41) is 0. The van der Waals surface area contributed by atoms with Gasteiger partial charge in [-0.3, -0.25) is 0 Å². The van der Waals surface area contributed by atoms with E-state index in [1.165, 1.54) is 68.5 Å². The van der Waals surface area contributed by atoms with Crippen molar-refractivity contribution in [3.63, 3.8) is 0 Å². The van der Waals surface area contributed by atoms with Crippen molar-refractivity contribution in [3.05, 3.63) is 129 Å². The van der Waals surface area contributed by atoms with Crippen LogP contribution in [0, 0.1) is 0 Å². The van der Waals surface area contributed by atoms with Crippen LogP contribution in [0.25, 0.3) is 34.4 Å². The Hall–Kier alpha value is -3.64. The topological polar surface area (TPSA) is 0 Å². The van der Waals surface area contributed by atoms with Gasteiger partial charge >= 0.3 is 0 Å². The van der Waals surface area contributed by atoms with Crippen molar-refractivity contribution >= 4 is 12.2 Å². The van der Waals surface area contributed by atoms with Crippen molar-refractivity contribution in [2.45, 2.75) is 110 Å². The molecular formula is C45H52. The van der Waals surface area contributed by atoms with Gasteiger partial charge in [-0.05, 0) is 85.7 Å². The van der Waals surface area contributed by atoms with E-state index in [4.69, 9.17) is 0 Å². The molecule has 6 rings (SSSR count). The van der Waals surface area contributed by atoms with Crippen LogP contribution in [-0.2, 0) is 10.8 Å². The van der Waals surface area contributed by atoms with Crippen molar-refractivity contribution in [1.29, 1.82) is 0 Å². The summed E-state index contributed by atoms with van der Waals surface area (Å²) in [4.78, 5) is 0. The lowest BCUT2D eigenvalue weighted by Gasteiger charge is -2.25. The molecule has 0 aromatic heterocycles. The summed E-state index contributed by atoms with van der Waals surface area (Å²) in [5.41, 5.74) is 17.7. The van der Waals surface area contributed by atoms with Gasteiger partial charge in [0.25, 0.3) is 0 Å². The number of hydrogen-bond donors (Lipinski definition) is 0. The SMILES string of the molecule is CCCC1=Cc2c(-c3ccc(C(C)(C)C)cc3)cccc2C1CC1C(CCC)=Cc2c(-c3ccc(C(C)(C)C)cc3)cccc21. The number of allylic oxidation sites excluding steroid dienone is 2. The molecule has 0 N–H and O–H groups in total. The Labute approximate surface area is 273 Å².